The SMILES string of the molecule is CCCn1cc(C(=O)CCc2ccc(OC(C)c3ccc(C)cc3)cc2)c2ccccc21.O=C=O. The van der Waals surface area contributed by atoms with Gasteiger partial charge in [-0.1, -0.05) is 67.1 Å². The first-order valence-corrected chi connectivity index (χ1v) is 11.9. The molecule has 0 aliphatic heterocycles. The van der Waals surface area contributed by atoms with Crippen LogP contribution in [0.1, 0.15) is 59.8 Å². The Bertz CT molecular complexity index is 1280. The minimum absolute atomic E-state index is 0.0107. The van der Waals surface area contributed by atoms with E-state index in [1.54, 1.807) is 0 Å². The molecule has 0 spiro atoms. The van der Waals surface area contributed by atoms with Crippen LogP contribution in [0.4, 0.5) is 0 Å². The summed E-state index contributed by atoms with van der Waals surface area (Å²) in [6, 6.07) is 24.7. The molecule has 0 aliphatic rings. The second-order valence-electron chi connectivity index (χ2n) is 8.57. The number of nitrogens with zero attached hydrogens (tertiary/aromatic N) is 1. The summed E-state index contributed by atoms with van der Waals surface area (Å²) in [5.74, 6) is 1.04. The molecule has 1 heterocycles. The first kappa shape index (κ1) is 25.7. The number of carbonyl (C=O) groups excluding carboxylic acids is 3. The fourth-order valence-corrected chi connectivity index (χ4v) is 4.13. The van der Waals surface area contributed by atoms with Gasteiger partial charge in [0.1, 0.15) is 11.9 Å². The molecule has 5 heteroatoms. The Hall–Kier alpha value is -3.95. The Balaban J connectivity index is 0.00000108. The average Bonchev–Trinajstić information content (AvgIpc) is 3.23. The minimum atomic E-state index is -0.0107. The highest BCUT2D eigenvalue weighted by Gasteiger charge is 2.15. The number of ketones is 1. The maximum absolute atomic E-state index is 13.0. The van der Waals surface area contributed by atoms with E-state index >= 15 is 0 Å². The van der Waals surface area contributed by atoms with Crippen molar-refractivity contribution in [3.05, 3.63) is 101 Å². The number of rotatable bonds is 9. The fraction of sp³-hybridized carbons (Fsp3) is 0.267. The van der Waals surface area contributed by atoms with Crippen molar-refractivity contribution >= 4 is 22.8 Å². The third kappa shape index (κ3) is 6.78. The summed E-state index contributed by atoms with van der Waals surface area (Å²) in [6.07, 6.45) is 4.53. The molecule has 0 bridgehead atoms. The van der Waals surface area contributed by atoms with Crippen molar-refractivity contribution in [1.82, 2.24) is 4.57 Å². The molecule has 0 radical (unpaired) electrons. The number of hydrogen-bond donors (Lipinski definition) is 0. The van der Waals surface area contributed by atoms with Crippen LogP contribution in [0.15, 0.2) is 79.0 Å². The van der Waals surface area contributed by atoms with Gasteiger partial charge in [-0.3, -0.25) is 4.79 Å². The van der Waals surface area contributed by atoms with Crippen LogP contribution in [0.25, 0.3) is 10.9 Å². The predicted molar refractivity (Wildman–Crippen MR) is 137 cm³/mol. The fourth-order valence-electron chi connectivity index (χ4n) is 4.13. The van der Waals surface area contributed by atoms with E-state index in [9.17, 15) is 4.79 Å². The first-order valence-electron chi connectivity index (χ1n) is 11.9. The zero-order chi connectivity index (χ0) is 25.2. The number of aromatic nitrogens is 1. The molecule has 0 saturated heterocycles. The molecule has 0 amide bonds. The Morgan fingerprint density at radius 1 is 0.971 bits per heavy atom. The van der Waals surface area contributed by atoms with Gasteiger partial charge in [-0.05, 0) is 56.0 Å². The van der Waals surface area contributed by atoms with Crippen LogP contribution in [0.5, 0.6) is 5.75 Å². The lowest BCUT2D eigenvalue weighted by atomic mass is 10.0. The minimum Gasteiger partial charge on any atom is -0.486 e. The standard InChI is InChI=1S/C29H31NO2.CO2/c1-4-19-30-20-27(26-7-5-6-8-28(26)30)29(31)18-13-23-11-16-25(17-12-23)32-22(3)24-14-9-21(2)10-15-24;2-1-3/h5-12,14-17,20,22H,4,13,18-19H2,1-3H3;. The summed E-state index contributed by atoms with van der Waals surface area (Å²) < 4.78 is 8.29. The van der Waals surface area contributed by atoms with E-state index in [0.717, 1.165) is 52.7 Å². The van der Waals surface area contributed by atoms with E-state index in [0.29, 0.717) is 6.42 Å². The van der Waals surface area contributed by atoms with Crippen LogP contribution in [0.2, 0.25) is 0 Å². The Morgan fingerprint density at radius 3 is 2.29 bits per heavy atom. The van der Waals surface area contributed by atoms with Crippen molar-refractivity contribution in [3.8, 4) is 5.75 Å². The molecule has 4 aromatic rings. The second kappa shape index (κ2) is 12.5. The highest BCUT2D eigenvalue weighted by Crippen LogP contribution is 2.25. The number of benzene rings is 3. The van der Waals surface area contributed by atoms with Crippen molar-refractivity contribution in [1.29, 1.82) is 0 Å². The van der Waals surface area contributed by atoms with Crippen molar-refractivity contribution in [2.45, 2.75) is 52.7 Å². The van der Waals surface area contributed by atoms with E-state index in [1.807, 2.05) is 30.5 Å². The van der Waals surface area contributed by atoms with Gasteiger partial charge in [0, 0.05) is 35.6 Å². The normalized spacial score (nSPS) is 11.3. The number of carbonyl (C=O) groups is 1. The molecule has 1 aromatic heterocycles. The van der Waals surface area contributed by atoms with Crippen molar-refractivity contribution in [2.75, 3.05) is 0 Å². The van der Waals surface area contributed by atoms with Gasteiger partial charge in [0.2, 0.25) is 0 Å². The molecular formula is C30H31NO4. The molecule has 5 nitrogen and oxygen atoms in total. The third-order valence-electron chi connectivity index (χ3n) is 5.98. The van der Waals surface area contributed by atoms with Gasteiger partial charge in [0.25, 0.3) is 0 Å². The molecule has 3 aromatic carbocycles. The highest BCUT2D eigenvalue weighted by molar-refractivity contribution is 6.08. The zero-order valence-corrected chi connectivity index (χ0v) is 20.5. The first-order chi connectivity index (χ1) is 17.0. The number of fused-ring (bicyclic) bond motifs is 1. The van der Waals surface area contributed by atoms with Crippen LogP contribution in [0.3, 0.4) is 0 Å². The monoisotopic (exact) mass is 469 g/mol. The molecular weight excluding hydrogens is 438 g/mol. The molecule has 1 atom stereocenters. The Labute approximate surface area is 206 Å². The Morgan fingerprint density at radius 2 is 1.63 bits per heavy atom. The topological polar surface area (TPSA) is 65.4 Å². The maximum Gasteiger partial charge on any atom is 0.373 e. The van der Waals surface area contributed by atoms with Crippen molar-refractivity contribution in [3.63, 3.8) is 0 Å². The summed E-state index contributed by atoms with van der Waals surface area (Å²) in [5.41, 5.74) is 5.52. The smallest absolute Gasteiger partial charge is 0.373 e. The van der Waals surface area contributed by atoms with Gasteiger partial charge in [-0.25, -0.2) is 0 Å². The lowest BCUT2D eigenvalue weighted by Gasteiger charge is -2.15. The molecule has 0 N–H and O–H groups in total. The Kier molecular flexibility index (Phi) is 9.16. The average molecular weight is 470 g/mol. The quantitative estimate of drug-likeness (QED) is 0.255. The van der Waals surface area contributed by atoms with Gasteiger partial charge < -0.3 is 9.30 Å². The number of hydrogen-bond acceptors (Lipinski definition) is 4. The zero-order valence-electron chi connectivity index (χ0n) is 20.5. The third-order valence-corrected chi connectivity index (χ3v) is 5.98. The molecule has 180 valence electrons. The van der Waals surface area contributed by atoms with Crippen LogP contribution in [0, 0.1) is 6.92 Å². The molecule has 4 rings (SSSR count). The summed E-state index contributed by atoms with van der Waals surface area (Å²) in [5, 5.41) is 1.06. The maximum atomic E-state index is 13.0. The number of para-hydroxylation sites is 1. The van der Waals surface area contributed by atoms with E-state index in [2.05, 4.69) is 73.9 Å². The van der Waals surface area contributed by atoms with Crippen molar-refractivity contribution in [2.24, 2.45) is 0 Å². The second-order valence-corrected chi connectivity index (χ2v) is 8.57. The number of ether oxygens (including phenoxy) is 1. The lowest BCUT2D eigenvalue weighted by Crippen LogP contribution is -2.03. The molecule has 1 unspecified atom stereocenters. The summed E-state index contributed by atoms with van der Waals surface area (Å²) in [6.45, 7) is 7.23. The van der Waals surface area contributed by atoms with Crippen LogP contribution < -0.4 is 4.74 Å². The molecule has 0 saturated carbocycles. The van der Waals surface area contributed by atoms with Gasteiger partial charge in [-0.2, -0.15) is 9.59 Å². The largest absolute Gasteiger partial charge is 0.486 e. The summed E-state index contributed by atoms with van der Waals surface area (Å²) in [7, 11) is 0. The summed E-state index contributed by atoms with van der Waals surface area (Å²) >= 11 is 0. The molecule has 0 aliphatic carbocycles. The van der Waals surface area contributed by atoms with Crippen LogP contribution >= 0.6 is 0 Å². The number of Topliss-reactive ketones (excluding diaryl/α,β-unsaturated/α-hetero) is 1. The van der Waals surface area contributed by atoms with E-state index in [4.69, 9.17) is 14.3 Å². The van der Waals surface area contributed by atoms with E-state index in [-0.39, 0.29) is 18.0 Å². The molecule has 0 fully saturated rings. The van der Waals surface area contributed by atoms with Gasteiger partial charge >= 0.3 is 6.15 Å². The van der Waals surface area contributed by atoms with Crippen LogP contribution in [-0.2, 0) is 22.6 Å². The molecule has 35 heavy (non-hydrogen) atoms. The summed E-state index contributed by atoms with van der Waals surface area (Å²) in [4.78, 5) is 29.3. The van der Waals surface area contributed by atoms with E-state index < -0.39 is 0 Å². The highest BCUT2D eigenvalue weighted by atomic mass is 16.5. The predicted octanol–water partition coefficient (Wildman–Crippen LogP) is 6.73. The number of aryl methyl sites for hydroxylation is 3. The van der Waals surface area contributed by atoms with Gasteiger partial charge in [0.15, 0.2) is 5.78 Å². The van der Waals surface area contributed by atoms with E-state index in [1.165, 1.54) is 5.56 Å². The van der Waals surface area contributed by atoms with Gasteiger partial charge in [-0.15, -0.1) is 0 Å². The lowest BCUT2D eigenvalue weighted by molar-refractivity contribution is -0.191. The van der Waals surface area contributed by atoms with Gasteiger partial charge in [0.05, 0.1) is 0 Å². The van der Waals surface area contributed by atoms with Crippen LogP contribution in [-0.4, -0.2) is 16.5 Å². The van der Waals surface area contributed by atoms with Crippen molar-refractivity contribution < 1.29 is 19.1 Å².